The zero-order valence-electron chi connectivity index (χ0n) is 12.8. The number of nitrogens with zero attached hydrogens (tertiary/aromatic N) is 6. The molecule has 0 aromatic carbocycles. The fourth-order valence-electron chi connectivity index (χ4n) is 2.80. The van der Waals surface area contributed by atoms with Crippen LogP contribution in [0.2, 0.25) is 0 Å². The van der Waals surface area contributed by atoms with Crippen molar-refractivity contribution in [2.24, 2.45) is 5.92 Å². The van der Waals surface area contributed by atoms with Crippen molar-refractivity contribution < 1.29 is 19.8 Å². The molecule has 25 heavy (non-hydrogen) atoms. The molecule has 0 saturated carbocycles. The normalized spacial score (nSPS) is 23.8. The number of hydrogen-bond acceptors (Lipinski definition) is 9. The summed E-state index contributed by atoms with van der Waals surface area (Å²) < 4.78 is 1.29. The maximum Gasteiger partial charge on any atom is 0.353 e. The zero-order valence-corrected chi connectivity index (χ0v) is 14.4. The number of aliphatic carboxylic acids is 1. The van der Waals surface area contributed by atoms with Crippen molar-refractivity contribution in [2.75, 3.05) is 5.75 Å². The minimum atomic E-state index is -1.15. The van der Waals surface area contributed by atoms with Gasteiger partial charge in [-0.25, -0.2) is 4.79 Å². The standard InChI is InChI=1S/C13H12N6O4S2/c1-5(20)9-11(21)18-10(13(22)23)6(25-12(9)18)4-24-8-3-2-7-14-16-17-19(7)15-8/h2-3,5,9,12,20H,4H2,1H3,(H,22,23)/t5-,9+,12-/m1/s1. The van der Waals surface area contributed by atoms with Gasteiger partial charge in [0, 0.05) is 10.7 Å². The average Bonchev–Trinajstić information content (AvgIpc) is 3.14. The molecule has 2 aliphatic heterocycles. The number of rotatable bonds is 5. The SMILES string of the molecule is C[C@@H](O)[C@H]1C(=O)N2C(C(=O)O)=C(CSc3ccc4nnnn4n3)S[C@H]12. The van der Waals surface area contributed by atoms with Crippen LogP contribution in [0.5, 0.6) is 0 Å². The molecule has 3 atom stereocenters. The van der Waals surface area contributed by atoms with Crippen LogP contribution in [-0.4, -0.2) is 69.5 Å². The van der Waals surface area contributed by atoms with Crippen LogP contribution in [0.25, 0.3) is 5.65 Å². The molecule has 2 aromatic heterocycles. The van der Waals surface area contributed by atoms with Crippen LogP contribution in [0.15, 0.2) is 27.8 Å². The molecule has 0 bridgehead atoms. The Bertz CT molecular complexity index is 913. The highest BCUT2D eigenvalue weighted by Gasteiger charge is 2.57. The molecule has 0 aliphatic carbocycles. The topological polar surface area (TPSA) is 134 Å². The third-order valence-electron chi connectivity index (χ3n) is 3.97. The van der Waals surface area contributed by atoms with Gasteiger partial charge in [0.2, 0.25) is 5.91 Å². The fraction of sp³-hybridized carbons (Fsp3) is 0.385. The van der Waals surface area contributed by atoms with E-state index < -0.39 is 18.0 Å². The van der Waals surface area contributed by atoms with Gasteiger partial charge in [0.15, 0.2) is 5.65 Å². The van der Waals surface area contributed by atoms with Gasteiger partial charge < -0.3 is 10.2 Å². The number of carbonyl (C=O) groups excluding carboxylic acids is 1. The van der Waals surface area contributed by atoms with Crippen LogP contribution < -0.4 is 0 Å². The van der Waals surface area contributed by atoms with E-state index in [4.69, 9.17) is 0 Å². The van der Waals surface area contributed by atoms with Crippen molar-refractivity contribution >= 4 is 41.0 Å². The zero-order chi connectivity index (χ0) is 17.7. The molecule has 1 fully saturated rings. The van der Waals surface area contributed by atoms with Crippen LogP contribution in [0.3, 0.4) is 0 Å². The average molecular weight is 380 g/mol. The number of hydrogen-bond donors (Lipinski definition) is 2. The number of carboxylic acids is 1. The van der Waals surface area contributed by atoms with Gasteiger partial charge in [0.05, 0.1) is 12.0 Å². The molecule has 2 aliphatic rings. The lowest BCUT2D eigenvalue weighted by molar-refractivity contribution is -0.156. The van der Waals surface area contributed by atoms with Gasteiger partial charge in [-0.05, 0) is 29.5 Å². The smallest absolute Gasteiger partial charge is 0.353 e. The molecule has 0 unspecified atom stereocenters. The molecule has 10 nitrogen and oxygen atoms in total. The third kappa shape index (κ3) is 2.56. The minimum absolute atomic E-state index is 0.00657. The number of fused-ring (bicyclic) bond motifs is 2. The maximum absolute atomic E-state index is 12.1. The molecule has 4 heterocycles. The van der Waals surface area contributed by atoms with Crippen molar-refractivity contribution in [3.05, 3.63) is 22.7 Å². The van der Waals surface area contributed by atoms with E-state index >= 15 is 0 Å². The number of carbonyl (C=O) groups is 2. The highest BCUT2D eigenvalue weighted by molar-refractivity contribution is 8.06. The highest BCUT2D eigenvalue weighted by Crippen LogP contribution is 2.51. The van der Waals surface area contributed by atoms with Crippen molar-refractivity contribution in [3.63, 3.8) is 0 Å². The van der Waals surface area contributed by atoms with E-state index in [9.17, 15) is 19.8 Å². The number of aromatic nitrogens is 5. The summed E-state index contributed by atoms with van der Waals surface area (Å²) in [7, 11) is 0. The van der Waals surface area contributed by atoms with E-state index in [-0.39, 0.29) is 17.0 Å². The van der Waals surface area contributed by atoms with Crippen molar-refractivity contribution in [1.29, 1.82) is 0 Å². The van der Waals surface area contributed by atoms with Crippen LogP contribution in [-0.2, 0) is 9.59 Å². The first-order valence-electron chi connectivity index (χ1n) is 7.30. The van der Waals surface area contributed by atoms with Crippen molar-refractivity contribution in [3.8, 4) is 0 Å². The second kappa shape index (κ2) is 5.97. The number of carboxylic acid groups (broad SMARTS) is 1. The van der Waals surface area contributed by atoms with E-state index in [0.29, 0.717) is 21.3 Å². The summed E-state index contributed by atoms with van der Waals surface area (Å²) in [6, 6.07) is 3.46. The van der Waals surface area contributed by atoms with Gasteiger partial charge in [0.1, 0.15) is 16.1 Å². The lowest BCUT2D eigenvalue weighted by Gasteiger charge is -2.43. The van der Waals surface area contributed by atoms with Gasteiger partial charge in [-0.3, -0.25) is 9.69 Å². The summed E-state index contributed by atoms with van der Waals surface area (Å²) in [4.78, 5) is 25.6. The molecule has 4 rings (SSSR count). The first kappa shape index (κ1) is 16.3. The summed E-state index contributed by atoms with van der Waals surface area (Å²) in [5.41, 5.74) is 0.507. The van der Waals surface area contributed by atoms with Gasteiger partial charge in [-0.1, -0.05) is 11.8 Å². The first-order valence-corrected chi connectivity index (χ1v) is 9.16. The number of thioether (sulfide) groups is 2. The quantitative estimate of drug-likeness (QED) is 0.531. The predicted molar refractivity (Wildman–Crippen MR) is 87.4 cm³/mol. The molecular weight excluding hydrogens is 368 g/mol. The van der Waals surface area contributed by atoms with E-state index in [0.717, 1.165) is 0 Å². The van der Waals surface area contributed by atoms with E-state index in [2.05, 4.69) is 20.6 Å². The summed E-state index contributed by atoms with van der Waals surface area (Å²) >= 11 is 2.64. The maximum atomic E-state index is 12.1. The van der Waals surface area contributed by atoms with Crippen LogP contribution in [0.1, 0.15) is 6.92 Å². The first-order chi connectivity index (χ1) is 12.0. The Kier molecular flexibility index (Phi) is 3.89. The lowest BCUT2D eigenvalue weighted by Crippen LogP contribution is -2.60. The van der Waals surface area contributed by atoms with Gasteiger partial charge in [-0.2, -0.15) is 0 Å². The molecule has 2 N–H and O–H groups in total. The number of aliphatic hydroxyl groups excluding tert-OH is 1. The Balaban J connectivity index is 1.55. The van der Waals surface area contributed by atoms with Gasteiger partial charge in [0.25, 0.3) is 0 Å². The Hall–Kier alpha value is -2.18. The second-order valence-electron chi connectivity index (χ2n) is 5.55. The highest BCUT2D eigenvalue weighted by atomic mass is 32.2. The monoisotopic (exact) mass is 380 g/mol. The molecule has 12 heteroatoms. The van der Waals surface area contributed by atoms with Gasteiger partial charge in [-0.15, -0.1) is 26.6 Å². The van der Waals surface area contributed by atoms with Crippen molar-refractivity contribution in [2.45, 2.75) is 23.4 Å². The van der Waals surface area contributed by atoms with Crippen LogP contribution in [0.4, 0.5) is 0 Å². The summed E-state index contributed by atoms with van der Waals surface area (Å²) in [6.07, 6.45) is -0.813. The molecule has 1 saturated heterocycles. The Morgan fingerprint density at radius 2 is 2.28 bits per heavy atom. The molecule has 1 amide bonds. The molecule has 2 aromatic rings. The second-order valence-corrected chi connectivity index (χ2v) is 7.75. The Morgan fingerprint density at radius 1 is 1.48 bits per heavy atom. The lowest BCUT2D eigenvalue weighted by atomic mass is 9.92. The number of aliphatic hydroxyl groups is 1. The summed E-state index contributed by atoms with van der Waals surface area (Å²) in [6.45, 7) is 1.54. The third-order valence-corrected chi connectivity index (χ3v) is 6.47. The molecular formula is C13H12N6O4S2. The van der Waals surface area contributed by atoms with Gasteiger partial charge >= 0.3 is 5.97 Å². The Labute approximate surface area is 149 Å². The minimum Gasteiger partial charge on any atom is -0.477 e. The number of β-lactam (4-membered cyclic amide) rings is 1. The molecule has 0 spiro atoms. The van der Waals surface area contributed by atoms with Crippen LogP contribution in [0, 0.1) is 5.92 Å². The van der Waals surface area contributed by atoms with E-state index in [1.807, 2.05) is 0 Å². The predicted octanol–water partition coefficient (Wildman–Crippen LogP) is -0.180. The fourth-order valence-corrected chi connectivity index (χ4v) is 5.36. The molecule has 0 radical (unpaired) electrons. The van der Waals surface area contributed by atoms with Crippen molar-refractivity contribution in [1.82, 2.24) is 30.2 Å². The number of tetrazole rings is 1. The summed E-state index contributed by atoms with van der Waals surface area (Å²) in [5.74, 6) is -1.72. The summed E-state index contributed by atoms with van der Waals surface area (Å²) in [5, 5.41) is 34.7. The molecule has 130 valence electrons. The number of amides is 1. The van der Waals surface area contributed by atoms with Crippen LogP contribution >= 0.6 is 23.5 Å². The van der Waals surface area contributed by atoms with E-state index in [1.54, 1.807) is 19.1 Å². The Morgan fingerprint density at radius 3 is 3.00 bits per heavy atom. The van der Waals surface area contributed by atoms with E-state index in [1.165, 1.54) is 33.1 Å². The largest absolute Gasteiger partial charge is 0.477 e.